The van der Waals surface area contributed by atoms with Crippen LogP contribution in [0.1, 0.15) is 21.7 Å². The van der Waals surface area contributed by atoms with Crippen molar-refractivity contribution in [3.05, 3.63) is 59.8 Å². The highest BCUT2D eigenvalue weighted by molar-refractivity contribution is 6.04. The van der Waals surface area contributed by atoms with Gasteiger partial charge in [0.1, 0.15) is 11.4 Å². The van der Waals surface area contributed by atoms with Gasteiger partial charge in [0, 0.05) is 24.5 Å². The zero-order chi connectivity index (χ0) is 17.1. The van der Waals surface area contributed by atoms with Crippen molar-refractivity contribution in [3.63, 3.8) is 0 Å². The average Bonchev–Trinajstić information content (AvgIpc) is 3.08. The van der Waals surface area contributed by atoms with Crippen LogP contribution in [-0.2, 0) is 13.0 Å². The molecule has 8 nitrogen and oxygen atoms in total. The van der Waals surface area contributed by atoms with Crippen molar-refractivity contribution in [1.82, 2.24) is 25.5 Å². The first-order valence-electron chi connectivity index (χ1n) is 7.92. The lowest BCUT2D eigenvalue weighted by Crippen LogP contribution is -2.25. The minimum absolute atomic E-state index is 0.288. The Morgan fingerprint density at radius 2 is 2.16 bits per heavy atom. The van der Waals surface area contributed by atoms with E-state index >= 15 is 0 Å². The van der Waals surface area contributed by atoms with Crippen LogP contribution < -0.4 is 15.4 Å². The molecular formula is C17H16N6O2. The zero-order valence-electron chi connectivity index (χ0n) is 13.3. The molecule has 25 heavy (non-hydrogen) atoms. The number of carbonyl (C=O) groups is 1. The normalized spacial score (nSPS) is 13.1. The molecule has 0 saturated heterocycles. The summed E-state index contributed by atoms with van der Waals surface area (Å²) in [5, 5.41) is 13.2. The molecule has 3 aromatic heterocycles. The van der Waals surface area contributed by atoms with Crippen molar-refractivity contribution >= 4 is 11.6 Å². The minimum Gasteiger partial charge on any atom is -0.435 e. The van der Waals surface area contributed by atoms with Gasteiger partial charge in [-0.1, -0.05) is 0 Å². The number of anilines is 1. The number of fused-ring (bicyclic) bond motifs is 1. The maximum Gasteiger partial charge on any atom is 0.276 e. The molecule has 4 rings (SSSR count). The second-order valence-corrected chi connectivity index (χ2v) is 5.56. The monoisotopic (exact) mass is 336 g/mol. The molecule has 0 fully saturated rings. The number of nitrogens with zero attached hydrogens (tertiary/aromatic N) is 3. The molecule has 1 aliphatic rings. The third kappa shape index (κ3) is 3.20. The first-order valence-corrected chi connectivity index (χ1v) is 7.92. The maximum atomic E-state index is 12.6. The Hall–Kier alpha value is -3.26. The summed E-state index contributed by atoms with van der Waals surface area (Å²) in [5.74, 6) is 0.554. The molecule has 0 atom stereocenters. The zero-order valence-corrected chi connectivity index (χ0v) is 13.3. The lowest BCUT2D eigenvalue weighted by molar-refractivity contribution is 0.102. The topological polar surface area (TPSA) is 105 Å². The number of hydrogen-bond acceptors (Lipinski definition) is 6. The number of H-pyrrole nitrogens is 1. The maximum absolute atomic E-state index is 12.6. The fraction of sp³-hybridized carbons (Fsp3) is 0.176. The Bertz CT molecular complexity index is 893. The van der Waals surface area contributed by atoms with Crippen molar-refractivity contribution < 1.29 is 9.53 Å². The Balaban J connectivity index is 1.57. The van der Waals surface area contributed by atoms with Crippen molar-refractivity contribution in [1.29, 1.82) is 0 Å². The van der Waals surface area contributed by atoms with E-state index in [4.69, 9.17) is 4.74 Å². The van der Waals surface area contributed by atoms with E-state index in [0.29, 0.717) is 29.6 Å². The number of ether oxygens (including phenoxy) is 1. The standard InChI is InChI=1S/C17H16N6O2/c24-16(15-12-5-8-19-10-14(12)22-23-15)21-13-4-2-7-20-17(13)25-11-3-1-6-18-9-11/h1-4,6-7,9,19H,5,8,10H2,(H,21,24)(H,22,23). The predicted octanol–water partition coefficient (Wildman–Crippen LogP) is 1.89. The van der Waals surface area contributed by atoms with Crippen LogP contribution in [0, 0.1) is 0 Å². The quantitative estimate of drug-likeness (QED) is 0.672. The Morgan fingerprint density at radius 3 is 3.04 bits per heavy atom. The first kappa shape index (κ1) is 15.3. The molecule has 0 bridgehead atoms. The van der Waals surface area contributed by atoms with Gasteiger partial charge in [-0.2, -0.15) is 5.10 Å². The number of hydrogen-bond donors (Lipinski definition) is 3. The van der Waals surface area contributed by atoms with Gasteiger partial charge in [0.15, 0.2) is 5.69 Å². The van der Waals surface area contributed by atoms with Crippen molar-refractivity contribution in [3.8, 4) is 11.6 Å². The summed E-state index contributed by atoms with van der Waals surface area (Å²) in [7, 11) is 0. The molecular weight excluding hydrogens is 320 g/mol. The highest BCUT2D eigenvalue weighted by Crippen LogP contribution is 2.27. The van der Waals surface area contributed by atoms with Crippen LogP contribution in [-0.4, -0.2) is 32.6 Å². The van der Waals surface area contributed by atoms with Crippen LogP contribution in [0.2, 0.25) is 0 Å². The van der Waals surface area contributed by atoms with Crippen LogP contribution in [0.25, 0.3) is 0 Å². The number of nitrogens with one attached hydrogen (secondary N) is 3. The summed E-state index contributed by atoms with van der Waals surface area (Å²) in [6.07, 6.45) is 5.60. The Kier molecular flexibility index (Phi) is 4.09. The van der Waals surface area contributed by atoms with Gasteiger partial charge < -0.3 is 15.4 Å². The van der Waals surface area contributed by atoms with Gasteiger partial charge in [0.25, 0.3) is 5.91 Å². The number of rotatable bonds is 4. The summed E-state index contributed by atoms with van der Waals surface area (Å²) in [5.41, 5.74) is 2.79. The molecule has 0 aromatic carbocycles. The number of aromatic nitrogens is 4. The molecule has 1 aliphatic heterocycles. The number of pyridine rings is 2. The highest BCUT2D eigenvalue weighted by Gasteiger charge is 2.22. The third-order valence-corrected chi connectivity index (χ3v) is 3.89. The Labute approximate surface area is 143 Å². The molecule has 0 aliphatic carbocycles. The number of amides is 1. The van der Waals surface area contributed by atoms with E-state index in [-0.39, 0.29) is 5.91 Å². The molecule has 0 radical (unpaired) electrons. The largest absolute Gasteiger partial charge is 0.435 e. The van der Waals surface area contributed by atoms with Gasteiger partial charge in [-0.05, 0) is 37.2 Å². The van der Waals surface area contributed by atoms with Gasteiger partial charge in [0.05, 0.1) is 11.9 Å². The van der Waals surface area contributed by atoms with E-state index in [2.05, 4.69) is 30.8 Å². The SMILES string of the molecule is O=C(Nc1cccnc1Oc1cccnc1)c1n[nH]c2c1CCNC2. The van der Waals surface area contributed by atoms with Crippen molar-refractivity contribution in [2.45, 2.75) is 13.0 Å². The second kappa shape index (κ2) is 6.70. The molecule has 3 aromatic rings. The fourth-order valence-corrected chi connectivity index (χ4v) is 2.70. The van der Waals surface area contributed by atoms with Crippen LogP contribution in [0.3, 0.4) is 0 Å². The first-order chi connectivity index (χ1) is 12.3. The van der Waals surface area contributed by atoms with E-state index < -0.39 is 0 Å². The van der Waals surface area contributed by atoms with Gasteiger partial charge >= 0.3 is 0 Å². The predicted molar refractivity (Wildman–Crippen MR) is 90.5 cm³/mol. The summed E-state index contributed by atoms with van der Waals surface area (Å²) >= 11 is 0. The third-order valence-electron chi connectivity index (χ3n) is 3.89. The summed E-state index contributed by atoms with van der Waals surface area (Å²) in [6.45, 7) is 1.52. The molecule has 0 unspecified atom stereocenters. The van der Waals surface area contributed by atoms with Gasteiger partial charge in [0.2, 0.25) is 5.88 Å². The fourth-order valence-electron chi connectivity index (χ4n) is 2.70. The smallest absolute Gasteiger partial charge is 0.276 e. The van der Waals surface area contributed by atoms with Crippen molar-refractivity contribution in [2.75, 3.05) is 11.9 Å². The van der Waals surface area contributed by atoms with Gasteiger partial charge in [-0.3, -0.25) is 14.9 Å². The lowest BCUT2D eigenvalue weighted by Gasteiger charge is -2.13. The average molecular weight is 336 g/mol. The van der Waals surface area contributed by atoms with Gasteiger partial charge in [-0.15, -0.1) is 0 Å². The molecule has 0 spiro atoms. The number of aromatic amines is 1. The van der Waals surface area contributed by atoms with Crippen LogP contribution in [0.15, 0.2) is 42.9 Å². The van der Waals surface area contributed by atoms with E-state index in [1.807, 2.05) is 0 Å². The van der Waals surface area contributed by atoms with E-state index in [1.54, 1.807) is 42.9 Å². The lowest BCUT2D eigenvalue weighted by atomic mass is 10.1. The van der Waals surface area contributed by atoms with E-state index in [1.165, 1.54) is 0 Å². The van der Waals surface area contributed by atoms with Gasteiger partial charge in [-0.25, -0.2) is 4.98 Å². The highest BCUT2D eigenvalue weighted by atomic mass is 16.5. The molecule has 8 heteroatoms. The van der Waals surface area contributed by atoms with E-state index in [9.17, 15) is 4.79 Å². The van der Waals surface area contributed by atoms with Crippen molar-refractivity contribution in [2.24, 2.45) is 0 Å². The minimum atomic E-state index is -0.288. The van der Waals surface area contributed by atoms with Crippen LogP contribution in [0.5, 0.6) is 11.6 Å². The Morgan fingerprint density at radius 1 is 1.24 bits per heavy atom. The summed E-state index contributed by atoms with van der Waals surface area (Å²) in [4.78, 5) is 20.8. The summed E-state index contributed by atoms with van der Waals surface area (Å²) < 4.78 is 5.71. The molecule has 126 valence electrons. The number of carbonyl (C=O) groups excluding carboxylic acids is 1. The molecule has 1 amide bonds. The van der Waals surface area contributed by atoms with Crippen LogP contribution >= 0.6 is 0 Å². The molecule has 0 saturated carbocycles. The van der Waals surface area contributed by atoms with Crippen LogP contribution in [0.4, 0.5) is 5.69 Å². The molecule has 3 N–H and O–H groups in total. The van der Waals surface area contributed by atoms with E-state index in [0.717, 1.165) is 24.2 Å². The molecule has 4 heterocycles. The summed E-state index contributed by atoms with van der Waals surface area (Å²) in [6, 6.07) is 7.00. The second-order valence-electron chi connectivity index (χ2n) is 5.56.